The summed E-state index contributed by atoms with van der Waals surface area (Å²) in [6.07, 6.45) is -41.0. The average molecular weight is 486 g/mol. The van der Waals surface area contributed by atoms with Crippen LogP contribution in [-0.2, 0) is 0 Å². The molecule has 2 atom stereocenters. The van der Waals surface area contributed by atoms with Crippen molar-refractivity contribution in [2.75, 3.05) is 0 Å². The van der Waals surface area contributed by atoms with E-state index < -0.39 is 86.9 Å². The molecule has 0 aromatic heterocycles. The third kappa shape index (κ3) is 8.55. The van der Waals surface area contributed by atoms with E-state index in [1.54, 1.807) is 0 Å². The second-order valence-electron chi connectivity index (χ2n) is 6.57. The molecule has 0 saturated heterocycles. The van der Waals surface area contributed by atoms with Gasteiger partial charge in [-0.05, 0) is 19.3 Å². The van der Waals surface area contributed by atoms with Crippen molar-refractivity contribution in [3.05, 3.63) is 0 Å². The highest BCUT2D eigenvalue weighted by molar-refractivity contribution is 4.97. The van der Waals surface area contributed by atoms with Crippen LogP contribution in [-0.4, -0.2) is 36.6 Å². The molecule has 0 aliphatic rings. The Morgan fingerprint density at radius 3 is 1.20 bits per heavy atom. The molecule has 0 N–H and O–H groups in total. The van der Waals surface area contributed by atoms with Crippen LogP contribution in [0.25, 0.3) is 0 Å². The minimum Gasteiger partial charge on any atom is -0.224 e. The van der Waals surface area contributed by atoms with Gasteiger partial charge in [0.2, 0.25) is 0 Å². The number of rotatable bonds is 8. The number of alkyl halides is 16. The van der Waals surface area contributed by atoms with Gasteiger partial charge in [0, 0.05) is 12.8 Å². The number of halogens is 16. The lowest BCUT2D eigenvalue weighted by atomic mass is 9.82. The van der Waals surface area contributed by atoms with Gasteiger partial charge in [0.15, 0.2) is 0 Å². The van der Waals surface area contributed by atoms with Crippen LogP contribution in [0.15, 0.2) is 0 Å². The number of hydrogen-bond acceptors (Lipinski definition) is 0. The van der Waals surface area contributed by atoms with E-state index >= 15 is 0 Å². The van der Waals surface area contributed by atoms with Gasteiger partial charge in [-0.15, -0.1) is 0 Å². The Labute approximate surface area is 158 Å². The molecular weight excluding hydrogens is 472 g/mol. The molecule has 0 aliphatic heterocycles. The van der Waals surface area contributed by atoms with Crippen LogP contribution >= 0.6 is 0 Å². The Morgan fingerprint density at radius 1 is 0.500 bits per heavy atom. The standard InChI is InChI=1S/C14H14F16/c15-9(13(25,26)27,14(28,29)30)6-8(12(22,23)24)5-7(11(19,20)21)3-1-2-4-10(16,17)18/h7-8H,1-6H2. The predicted octanol–water partition coefficient (Wildman–Crippen LogP) is 8.08. The molecule has 0 heterocycles. The van der Waals surface area contributed by atoms with E-state index in [2.05, 4.69) is 0 Å². The van der Waals surface area contributed by atoms with Gasteiger partial charge in [-0.3, -0.25) is 0 Å². The van der Waals surface area contributed by atoms with E-state index in [0.29, 0.717) is 0 Å². The summed E-state index contributed by atoms with van der Waals surface area (Å²) in [6.45, 7) is 0. The van der Waals surface area contributed by atoms with E-state index in [4.69, 9.17) is 0 Å². The zero-order chi connectivity index (χ0) is 24.4. The molecule has 0 aliphatic carbocycles. The summed E-state index contributed by atoms with van der Waals surface area (Å²) in [4.78, 5) is 0. The molecule has 0 aromatic rings. The van der Waals surface area contributed by atoms with Crippen molar-refractivity contribution in [1.82, 2.24) is 0 Å². The maximum atomic E-state index is 13.6. The fourth-order valence-electron chi connectivity index (χ4n) is 2.54. The summed E-state index contributed by atoms with van der Waals surface area (Å²) in [7, 11) is 0. The minimum absolute atomic E-state index is 0.965. The number of hydrogen-bond donors (Lipinski definition) is 0. The second-order valence-corrected chi connectivity index (χ2v) is 6.57. The molecule has 182 valence electrons. The highest BCUT2D eigenvalue weighted by atomic mass is 19.4. The van der Waals surface area contributed by atoms with Gasteiger partial charge in [0.1, 0.15) is 0 Å². The molecule has 0 bridgehead atoms. The van der Waals surface area contributed by atoms with E-state index in [9.17, 15) is 70.2 Å². The van der Waals surface area contributed by atoms with Gasteiger partial charge >= 0.3 is 30.9 Å². The molecule has 2 unspecified atom stereocenters. The summed E-state index contributed by atoms with van der Waals surface area (Å²) in [5.41, 5.74) is -6.44. The van der Waals surface area contributed by atoms with E-state index in [0.717, 1.165) is 0 Å². The van der Waals surface area contributed by atoms with Crippen LogP contribution in [0, 0.1) is 11.8 Å². The van der Waals surface area contributed by atoms with Crippen molar-refractivity contribution >= 4 is 0 Å². The maximum Gasteiger partial charge on any atom is 0.431 e. The predicted molar refractivity (Wildman–Crippen MR) is 68.8 cm³/mol. The van der Waals surface area contributed by atoms with Crippen molar-refractivity contribution in [1.29, 1.82) is 0 Å². The fourth-order valence-corrected chi connectivity index (χ4v) is 2.54. The van der Waals surface area contributed by atoms with E-state index in [-0.39, 0.29) is 0 Å². The van der Waals surface area contributed by atoms with Gasteiger partial charge < -0.3 is 0 Å². The number of unbranched alkanes of at least 4 members (excludes halogenated alkanes) is 1. The van der Waals surface area contributed by atoms with Gasteiger partial charge in [0.25, 0.3) is 5.67 Å². The first-order valence-electron chi connectivity index (χ1n) is 7.94. The van der Waals surface area contributed by atoms with Crippen LogP contribution < -0.4 is 0 Å². The lowest BCUT2D eigenvalue weighted by Crippen LogP contribution is -2.55. The van der Waals surface area contributed by atoms with Gasteiger partial charge in [-0.25, -0.2) is 4.39 Å². The molecule has 0 radical (unpaired) electrons. The Morgan fingerprint density at radius 2 is 0.900 bits per heavy atom. The molecule has 16 heteroatoms. The van der Waals surface area contributed by atoms with Crippen LogP contribution in [0.4, 0.5) is 70.2 Å². The summed E-state index contributed by atoms with van der Waals surface area (Å²) in [6, 6.07) is 0. The molecule has 0 fully saturated rings. The smallest absolute Gasteiger partial charge is 0.224 e. The lowest BCUT2D eigenvalue weighted by molar-refractivity contribution is -0.353. The molecule has 0 saturated carbocycles. The zero-order valence-corrected chi connectivity index (χ0v) is 14.4. The van der Waals surface area contributed by atoms with Gasteiger partial charge in [-0.1, -0.05) is 6.42 Å². The van der Waals surface area contributed by atoms with Crippen LogP contribution in [0.1, 0.15) is 38.5 Å². The Balaban J connectivity index is 5.68. The molecular formula is C14H14F16. The second kappa shape index (κ2) is 9.17. The van der Waals surface area contributed by atoms with E-state index in [1.807, 2.05) is 0 Å². The average Bonchev–Trinajstić information content (AvgIpc) is 2.43. The third-order valence-electron chi connectivity index (χ3n) is 4.18. The van der Waals surface area contributed by atoms with Crippen LogP contribution in [0.3, 0.4) is 0 Å². The van der Waals surface area contributed by atoms with Crippen molar-refractivity contribution in [2.45, 2.75) is 75.1 Å². The maximum absolute atomic E-state index is 13.6. The highest BCUT2D eigenvalue weighted by Crippen LogP contribution is 2.53. The van der Waals surface area contributed by atoms with E-state index in [1.165, 1.54) is 0 Å². The summed E-state index contributed by atoms with van der Waals surface area (Å²) in [5, 5.41) is 0. The SMILES string of the molecule is FC(F)(F)CCCCC(CC(CC(F)(C(F)(F)F)C(F)(F)F)C(F)(F)F)C(F)(F)F. The first-order chi connectivity index (χ1) is 12.9. The van der Waals surface area contributed by atoms with Gasteiger partial charge in [0.05, 0.1) is 11.8 Å². The minimum atomic E-state index is -6.91. The van der Waals surface area contributed by atoms with Crippen molar-refractivity contribution in [3.63, 3.8) is 0 Å². The largest absolute Gasteiger partial charge is 0.431 e. The van der Waals surface area contributed by atoms with Crippen LogP contribution in [0.5, 0.6) is 0 Å². The first kappa shape index (κ1) is 28.9. The fraction of sp³-hybridized carbons (Fsp3) is 1.00. The van der Waals surface area contributed by atoms with Crippen molar-refractivity contribution < 1.29 is 70.2 Å². The molecule has 0 spiro atoms. The summed E-state index contributed by atoms with van der Waals surface area (Å²) >= 11 is 0. The third-order valence-corrected chi connectivity index (χ3v) is 4.18. The van der Waals surface area contributed by atoms with Crippen molar-refractivity contribution in [2.24, 2.45) is 11.8 Å². The molecule has 0 aromatic carbocycles. The first-order valence-corrected chi connectivity index (χ1v) is 7.94. The van der Waals surface area contributed by atoms with Crippen LogP contribution in [0.2, 0.25) is 0 Å². The summed E-state index contributed by atoms with van der Waals surface area (Å²) in [5.74, 6) is -7.21. The topological polar surface area (TPSA) is 0 Å². The molecule has 0 rings (SSSR count). The van der Waals surface area contributed by atoms with Gasteiger partial charge in [-0.2, -0.15) is 65.9 Å². The molecule has 30 heavy (non-hydrogen) atoms. The Hall–Kier alpha value is -1.12. The monoisotopic (exact) mass is 486 g/mol. The molecule has 0 amide bonds. The highest BCUT2D eigenvalue weighted by Gasteiger charge is 2.74. The molecule has 0 nitrogen and oxygen atoms in total. The van der Waals surface area contributed by atoms with Crippen molar-refractivity contribution in [3.8, 4) is 0 Å². The lowest BCUT2D eigenvalue weighted by Gasteiger charge is -2.35. The quantitative estimate of drug-likeness (QED) is 0.240. The Bertz CT molecular complexity index is 503. The Kier molecular flexibility index (Phi) is 8.82. The normalized spacial score (nSPS) is 17.2. The summed E-state index contributed by atoms with van der Waals surface area (Å²) < 4.78 is 202. The zero-order valence-electron chi connectivity index (χ0n) is 14.4.